The van der Waals surface area contributed by atoms with E-state index in [-0.39, 0.29) is 0 Å². The SMILES string of the molecule is CC(C)(C)OC(=O)N1B=CC=CN1. The summed E-state index contributed by atoms with van der Waals surface area (Å²) in [5, 5.41) is 0. The number of nitrogens with one attached hydrogen (secondary N) is 1. The number of hydrogen-bond donors (Lipinski definition) is 1. The Morgan fingerprint density at radius 3 is 2.69 bits per heavy atom. The molecule has 1 rings (SSSR count). The van der Waals surface area contributed by atoms with Crippen LogP contribution in [0, 0.1) is 0 Å². The zero-order valence-electron chi connectivity index (χ0n) is 8.07. The molecule has 0 radical (unpaired) electrons. The first-order chi connectivity index (χ1) is 5.99. The Kier molecular flexibility index (Phi) is 2.75. The van der Waals surface area contributed by atoms with Crippen LogP contribution in [0.15, 0.2) is 12.3 Å². The van der Waals surface area contributed by atoms with E-state index in [1.165, 1.54) is 4.92 Å². The maximum absolute atomic E-state index is 11.4. The van der Waals surface area contributed by atoms with Crippen LogP contribution in [-0.2, 0) is 4.74 Å². The van der Waals surface area contributed by atoms with Crippen LogP contribution >= 0.6 is 0 Å². The van der Waals surface area contributed by atoms with Gasteiger partial charge in [-0.1, -0.05) is 0 Å². The van der Waals surface area contributed by atoms with Gasteiger partial charge in [0.15, 0.2) is 0 Å². The number of carbonyl (C=O) groups is 1. The quantitative estimate of drug-likeness (QED) is 0.557. The summed E-state index contributed by atoms with van der Waals surface area (Å²) in [6, 6.07) is 0. The Bertz CT molecular complexity index is 255. The molecular formula is C8H13BN2O2. The topological polar surface area (TPSA) is 41.6 Å². The fourth-order valence-corrected chi connectivity index (χ4v) is 0.782. The number of hydrazine groups is 1. The van der Waals surface area contributed by atoms with Gasteiger partial charge in [-0.15, -0.1) is 0 Å². The van der Waals surface area contributed by atoms with Crippen molar-refractivity contribution in [2.75, 3.05) is 0 Å². The molecule has 5 heteroatoms. The number of allylic oxidation sites excluding steroid dienone is 1. The van der Waals surface area contributed by atoms with Crippen molar-refractivity contribution in [2.45, 2.75) is 26.4 Å². The molecule has 0 spiro atoms. The molecule has 0 fully saturated rings. The van der Waals surface area contributed by atoms with Crippen molar-refractivity contribution < 1.29 is 9.53 Å². The molecule has 0 unspecified atom stereocenters. The molecule has 0 saturated heterocycles. The van der Waals surface area contributed by atoms with Crippen molar-refractivity contribution in [1.82, 2.24) is 10.3 Å². The van der Waals surface area contributed by atoms with Gasteiger partial charge in [0, 0.05) is 0 Å². The van der Waals surface area contributed by atoms with Gasteiger partial charge in [0.25, 0.3) is 0 Å². The van der Waals surface area contributed by atoms with Crippen LogP contribution in [0.4, 0.5) is 4.79 Å². The molecule has 1 aliphatic heterocycles. The molecule has 0 aromatic rings. The molecule has 0 aliphatic carbocycles. The Hall–Kier alpha value is -1.26. The Morgan fingerprint density at radius 2 is 2.23 bits per heavy atom. The third-order valence-corrected chi connectivity index (χ3v) is 1.25. The van der Waals surface area contributed by atoms with Gasteiger partial charge in [0.1, 0.15) is 0 Å². The molecule has 0 atom stereocenters. The molecule has 1 heterocycles. The van der Waals surface area contributed by atoms with Crippen LogP contribution in [0.5, 0.6) is 0 Å². The minimum atomic E-state index is -0.465. The molecule has 4 nitrogen and oxygen atoms in total. The van der Waals surface area contributed by atoms with Gasteiger partial charge in [-0.05, 0) is 0 Å². The molecule has 1 aliphatic rings. The maximum atomic E-state index is 11.4. The van der Waals surface area contributed by atoms with Crippen LogP contribution in [-0.4, -0.2) is 29.6 Å². The van der Waals surface area contributed by atoms with Crippen LogP contribution in [0.25, 0.3) is 0 Å². The van der Waals surface area contributed by atoms with Crippen molar-refractivity contribution in [1.29, 1.82) is 0 Å². The number of carbonyl (C=O) groups excluding carboxylic acids is 1. The van der Waals surface area contributed by atoms with Crippen LogP contribution in [0.3, 0.4) is 0 Å². The minimum absolute atomic E-state index is 0.409. The summed E-state index contributed by atoms with van der Waals surface area (Å²) in [4.78, 5) is 12.7. The summed E-state index contributed by atoms with van der Waals surface area (Å²) in [7, 11) is 1.61. The normalized spacial score (nSPS) is 14.8. The summed E-state index contributed by atoms with van der Waals surface area (Å²) in [5.74, 6) is 1.75. The van der Waals surface area contributed by atoms with E-state index in [1.807, 2.05) is 20.8 Å². The zero-order chi connectivity index (χ0) is 9.90. The average Bonchev–Trinajstić information content (AvgIpc) is 2.03. The first-order valence-corrected chi connectivity index (χ1v) is 4.11. The van der Waals surface area contributed by atoms with Crippen molar-refractivity contribution in [2.24, 2.45) is 0 Å². The van der Waals surface area contributed by atoms with Gasteiger partial charge >= 0.3 is 77.6 Å². The van der Waals surface area contributed by atoms with Crippen LogP contribution in [0.1, 0.15) is 20.8 Å². The van der Waals surface area contributed by atoms with Gasteiger partial charge in [0.2, 0.25) is 0 Å². The van der Waals surface area contributed by atoms with E-state index in [4.69, 9.17) is 4.74 Å². The first-order valence-electron chi connectivity index (χ1n) is 4.11. The van der Waals surface area contributed by atoms with Gasteiger partial charge in [0.05, 0.1) is 0 Å². The van der Waals surface area contributed by atoms with Gasteiger partial charge in [-0.3, -0.25) is 0 Å². The van der Waals surface area contributed by atoms with E-state index < -0.39 is 11.7 Å². The number of ether oxygens (including phenoxy) is 1. The fourth-order valence-electron chi connectivity index (χ4n) is 0.782. The molecule has 0 aromatic heterocycles. The Balaban J connectivity index is 2.49. The summed E-state index contributed by atoms with van der Waals surface area (Å²) >= 11 is 0. The van der Waals surface area contributed by atoms with Crippen molar-refractivity contribution in [3.05, 3.63) is 12.3 Å². The van der Waals surface area contributed by atoms with Crippen molar-refractivity contribution in [3.8, 4) is 0 Å². The number of nitrogens with zero attached hydrogens (tertiary/aromatic N) is 1. The summed E-state index contributed by atoms with van der Waals surface area (Å²) in [6.45, 7) is 5.48. The molecule has 1 amide bonds. The fraction of sp³-hybridized carbons (Fsp3) is 0.500. The van der Waals surface area contributed by atoms with Crippen LogP contribution < -0.4 is 5.43 Å². The van der Waals surface area contributed by atoms with E-state index in [0.29, 0.717) is 0 Å². The summed E-state index contributed by atoms with van der Waals surface area (Å²) in [6.07, 6.45) is 3.04. The molecule has 0 bridgehead atoms. The van der Waals surface area contributed by atoms with E-state index in [0.717, 1.165) is 0 Å². The van der Waals surface area contributed by atoms with E-state index in [2.05, 4.69) is 5.43 Å². The zero-order valence-corrected chi connectivity index (χ0v) is 8.07. The van der Waals surface area contributed by atoms with E-state index in [1.54, 1.807) is 25.3 Å². The van der Waals surface area contributed by atoms with E-state index in [9.17, 15) is 4.79 Å². The number of amides is 1. The van der Waals surface area contributed by atoms with Gasteiger partial charge in [-0.25, -0.2) is 0 Å². The van der Waals surface area contributed by atoms with Crippen molar-refractivity contribution in [3.63, 3.8) is 0 Å². The molecule has 0 saturated carbocycles. The number of hydrogen-bond acceptors (Lipinski definition) is 3. The summed E-state index contributed by atoms with van der Waals surface area (Å²) in [5.41, 5.74) is 2.27. The standard InChI is InChI=1S/C8H13BN2O2/c1-8(2,3)13-7(12)11-9-5-4-6-10-11/h4-6,10H,1-3H3. The number of rotatable bonds is 0. The second kappa shape index (κ2) is 3.64. The summed E-state index contributed by atoms with van der Waals surface area (Å²) < 4.78 is 5.12. The average molecular weight is 180 g/mol. The second-order valence-corrected chi connectivity index (χ2v) is 3.68. The Morgan fingerprint density at radius 1 is 1.54 bits per heavy atom. The van der Waals surface area contributed by atoms with Crippen molar-refractivity contribution >= 4 is 19.1 Å². The Labute approximate surface area is 78.5 Å². The molecule has 0 aromatic carbocycles. The van der Waals surface area contributed by atoms with E-state index >= 15 is 0 Å². The predicted octanol–water partition coefficient (Wildman–Crippen LogP) is 0.677. The third kappa shape index (κ3) is 3.31. The monoisotopic (exact) mass is 180 g/mol. The second-order valence-electron chi connectivity index (χ2n) is 3.68. The van der Waals surface area contributed by atoms with Gasteiger partial charge in [-0.2, -0.15) is 0 Å². The molecule has 13 heavy (non-hydrogen) atoms. The molecule has 70 valence electrons. The van der Waals surface area contributed by atoms with Gasteiger partial charge < -0.3 is 0 Å². The van der Waals surface area contributed by atoms with Crippen LogP contribution in [0.2, 0.25) is 0 Å². The first kappa shape index (κ1) is 9.83. The molecular weight excluding hydrogens is 167 g/mol. The predicted molar refractivity (Wildman–Crippen MR) is 52.2 cm³/mol. The molecule has 1 N–H and O–H groups in total. The third-order valence-electron chi connectivity index (χ3n) is 1.25.